The van der Waals surface area contributed by atoms with Crippen LogP contribution in [0.4, 0.5) is 0 Å². The van der Waals surface area contributed by atoms with E-state index in [4.69, 9.17) is 0 Å². The first-order valence-corrected chi connectivity index (χ1v) is 8.88. The molecule has 2 rings (SSSR count). The highest BCUT2D eigenvalue weighted by molar-refractivity contribution is 8.77. The van der Waals surface area contributed by atoms with Crippen LogP contribution in [0.3, 0.4) is 0 Å². The number of carbonyl (C=O) groups is 2. The fourth-order valence-electron chi connectivity index (χ4n) is 2.10. The van der Waals surface area contributed by atoms with Gasteiger partial charge < -0.3 is 10.2 Å². The fourth-order valence-corrected chi connectivity index (χ4v) is 4.77. The van der Waals surface area contributed by atoms with Gasteiger partial charge in [0.15, 0.2) is 0 Å². The van der Waals surface area contributed by atoms with E-state index in [9.17, 15) is 19.8 Å². The van der Waals surface area contributed by atoms with Crippen molar-refractivity contribution in [2.45, 2.75) is 30.4 Å². The van der Waals surface area contributed by atoms with Crippen LogP contribution in [-0.2, 0) is 4.79 Å². The SMILES string of the molecule is CC1=CCC(SSc2ccc(C)cc2C(=O)O)C(C(=O)O)=C1. The monoisotopic (exact) mass is 336 g/mol. The molecule has 0 radical (unpaired) electrons. The number of aliphatic carboxylic acids is 1. The molecule has 0 spiro atoms. The summed E-state index contributed by atoms with van der Waals surface area (Å²) >= 11 is 0. The van der Waals surface area contributed by atoms with Crippen LogP contribution < -0.4 is 0 Å². The number of carboxylic acids is 2. The van der Waals surface area contributed by atoms with Crippen LogP contribution in [0.2, 0.25) is 0 Å². The molecule has 1 aliphatic carbocycles. The highest BCUT2D eigenvalue weighted by Gasteiger charge is 2.24. The van der Waals surface area contributed by atoms with Crippen molar-refractivity contribution in [3.63, 3.8) is 0 Å². The minimum Gasteiger partial charge on any atom is -0.478 e. The normalized spacial score (nSPS) is 17.6. The topological polar surface area (TPSA) is 74.6 Å². The number of aromatic carboxylic acids is 1. The number of benzene rings is 1. The third-order valence-corrected chi connectivity index (χ3v) is 6.09. The lowest BCUT2D eigenvalue weighted by molar-refractivity contribution is -0.132. The van der Waals surface area contributed by atoms with Gasteiger partial charge in [0.2, 0.25) is 0 Å². The van der Waals surface area contributed by atoms with Gasteiger partial charge in [-0.25, -0.2) is 9.59 Å². The second kappa shape index (κ2) is 7.07. The summed E-state index contributed by atoms with van der Waals surface area (Å²) in [6, 6.07) is 5.25. The van der Waals surface area contributed by atoms with Gasteiger partial charge in [0.05, 0.1) is 16.4 Å². The number of carboxylic acid groups (broad SMARTS) is 2. The van der Waals surface area contributed by atoms with E-state index in [1.54, 1.807) is 18.2 Å². The zero-order chi connectivity index (χ0) is 16.3. The molecular formula is C16H16O4S2. The van der Waals surface area contributed by atoms with Crippen molar-refractivity contribution in [2.24, 2.45) is 0 Å². The molecule has 6 heteroatoms. The molecule has 0 bridgehead atoms. The van der Waals surface area contributed by atoms with Crippen molar-refractivity contribution in [2.75, 3.05) is 0 Å². The maximum atomic E-state index is 11.3. The van der Waals surface area contributed by atoms with Gasteiger partial charge in [-0.2, -0.15) is 0 Å². The lowest BCUT2D eigenvalue weighted by Gasteiger charge is -2.19. The van der Waals surface area contributed by atoms with Crippen LogP contribution in [0.25, 0.3) is 0 Å². The number of aryl methyl sites for hydroxylation is 1. The second-order valence-electron chi connectivity index (χ2n) is 5.06. The molecule has 0 amide bonds. The molecule has 0 saturated carbocycles. The summed E-state index contributed by atoms with van der Waals surface area (Å²) in [6.45, 7) is 3.72. The Labute approximate surface area is 136 Å². The summed E-state index contributed by atoms with van der Waals surface area (Å²) in [5, 5.41) is 18.4. The summed E-state index contributed by atoms with van der Waals surface area (Å²) in [5.74, 6) is -1.90. The Morgan fingerprint density at radius 3 is 2.55 bits per heavy atom. The Morgan fingerprint density at radius 1 is 1.18 bits per heavy atom. The summed E-state index contributed by atoms with van der Waals surface area (Å²) < 4.78 is 0. The molecule has 0 saturated heterocycles. The van der Waals surface area contributed by atoms with Crippen LogP contribution in [0.15, 0.2) is 46.4 Å². The Morgan fingerprint density at radius 2 is 1.91 bits per heavy atom. The second-order valence-corrected chi connectivity index (χ2v) is 7.51. The lowest BCUT2D eigenvalue weighted by Crippen LogP contribution is -2.16. The zero-order valence-electron chi connectivity index (χ0n) is 12.2. The molecule has 22 heavy (non-hydrogen) atoms. The van der Waals surface area contributed by atoms with Crippen molar-refractivity contribution in [1.29, 1.82) is 0 Å². The minimum atomic E-state index is -0.972. The smallest absolute Gasteiger partial charge is 0.336 e. The molecule has 0 fully saturated rings. The van der Waals surface area contributed by atoms with Gasteiger partial charge in [-0.15, -0.1) is 0 Å². The molecule has 116 valence electrons. The molecule has 4 nitrogen and oxygen atoms in total. The van der Waals surface area contributed by atoms with E-state index in [-0.39, 0.29) is 10.8 Å². The molecule has 1 aromatic rings. The van der Waals surface area contributed by atoms with Gasteiger partial charge in [0.1, 0.15) is 0 Å². The van der Waals surface area contributed by atoms with Crippen LogP contribution in [0.5, 0.6) is 0 Å². The highest BCUT2D eigenvalue weighted by Crippen LogP contribution is 2.42. The molecule has 1 atom stereocenters. The van der Waals surface area contributed by atoms with E-state index >= 15 is 0 Å². The van der Waals surface area contributed by atoms with Crippen LogP contribution in [-0.4, -0.2) is 27.4 Å². The van der Waals surface area contributed by atoms with Crippen molar-refractivity contribution < 1.29 is 19.8 Å². The molecule has 1 aromatic carbocycles. The Bertz CT molecular complexity index is 677. The summed E-state index contributed by atoms with van der Waals surface area (Å²) in [5.41, 5.74) is 2.44. The third kappa shape index (κ3) is 3.96. The summed E-state index contributed by atoms with van der Waals surface area (Å²) in [6.07, 6.45) is 4.31. The molecule has 2 N–H and O–H groups in total. The first kappa shape index (κ1) is 16.7. The Hall–Kier alpha value is -1.66. The molecule has 1 aliphatic rings. The van der Waals surface area contributed by atoms with Crippen molar-refractivity contribution >= 4 is 33.5 Å². The maximum Gasteiger partial charge on any atom is 0.336 e. The summed E-state index contributed by atoms with van der Waals surface area (Å²) in [7, 11) is 2.70. The quantitative estimate of drug-likeness (QED) is 0.786. The molecule has 0 aromatic heterocycles. The minimum absolute atomic E-state index is 0.186. The fraction of sp³-hybridized carbons (Fsp3) is 0.250. The Kier molecular flexibility index (Phi) is 5.37. The Balaban J connectivity index is 2.15. The van der Waals surface area contributed by atoms with Gasteiger partial charge in [0.25, 0.3) is 0 Å². The van der Waals surface area contributed by atoms with Crippen molar-refractivity contribution in [1.82, 2.24) is 0 Å². The third-order valence-electron chi connectivity index (χ3n) is 3.25. The van der Waals surface area contributed by atoms with Crippen LogP contribution in [0.1, 0.15) is 29.3 Å². The van der Waals surface area contributed by atoms with Gasteiger partial charge in [0, 0.05) is 4.90 Å². The first-order chi connectivity index (χ1) is 10.4. The number of rotatable bonds is 5. The largest absolute Gasteiger partial charge is 0.478 e. The molecule has 0 aliphatic heterocycles. The molecule has 0 heterocycles. The van der Waals surface area contributed by atoms with Gasteiger partial charge >= 0.3 is 11.9 Å². The van der Waals surface area contributed by atoms with Crippen LogP contribution >= 0.6 is 21.6 Å². The standard InChI is InChI=1S/C16H16O4S2/c1-9-3-5-13(11(7-9)15(17)18)21-22-14-6-4-10(2)8-12(14)16(19)20/h3-5,7-8,14H,6H2,1-2H3,(H,17,18)(H,19,20). The number of hydrogen-bond donors (Lipinski definition) is 2. The number of hydrogen-bond acceptors (Lipinski definition) is 4. The average Bonchev–Trinajstić information content (AvgIpc) is 2.46. The van der Waals surface area contributed by atoms with E-state index in [0.717, 1.165) is 11.1 Å². The van der Waals surface area contributed by atoms with Gasteiger partial charge in [-0.3, -0.25) is 0 Å². The van der Waals surface area contributed by atoms with E-state index < -0.39 is 11.9 Å². The average molecular weight is 336 g/mol. The predicted molar refractivity (Wildman–Crippen MR) is 89.5 cm³/mol. The highest BCUT2D eigenvalue weighted by atomic mass is 33.1. The molecular weight excluding hydrogens is 320 g/mol. The molecule has 1 unspecified atom stereocenters. The summed E-state index contributed by atoms with van der Waals surface area (Å²) in [4.78, 5) is 23.3. The van der Waals surface area contributed by atoms with E-state index in [1.807, 2.05) is 26.0 Å². The van der Waals surface area contributed by atoms with Crippen molar-refractivity contribution in [3.05, 3.63) is 52.6 Å². The zero-order valence-corrected chi connectivity index (χ0v) is 13.8. The maximum absolute atomic E-state index is 11.3. The van der Waals surface area contributed by atoms with E-state index in [1.165, 1.54) is 21.6 Å². The van der Waals surface area contributed by atoms with E-state index in [2.05, 4.69) is 0 Å². The predicted octanol–water partition coefficient (Wildman–Crippen LogP) is 4.16. The van der Waals surface area contributed by atoms with Gasteiger partial charge in [-0.1, -0.05) is 44.9 Å². The van der Waals surface area contributed by atoms with E-state index in [0.29, 0.717) is 16.9 Å². The van der Waals surface area contributed by atoms with Crippen LogP contribution in [0, 0.1) is 6.92 Å². The lowest BCUT2D eigenvalue weighted by atomic mass is 10.00. The van der Waals surface area contributed by atoms with Crippen molar-refractivity contribution in [3.8, 4) is 0 Å². The number of allylic oxidation sites excluding steroid dienone is 3. The van der Waals surface area contributed by atoms with Gasteiger partial charge in [-0.05, 0) is 38.5 Å². The first-order valence-electron chi connectivity index (χ1n) is 6.67.